The summed E-state index contributed by atoms with van der Waals surface area (Å²) < 4.78 is 0. The zero-order valence-electron chi connectivity index (χ0n) is 2.80. The van der Waals surface area contributed by atoms with E-state index in [2.05, 4.69) is 4.89 Å². The number of carbonyl (C=O) groups is 1. The van der Waals surface area contributed by atoms with E-state index in [9.17, 15) is 0 Å². The van der Waals surface area contributed by atoms with E-state index in [0.717, 1.165) is 0 Å². The Labute approximate surface area is 71.7 Å². The van der Waals surface area contributed by atoms with Crippen molar-refractivity contribution in [2.24, 2.45) is 0 Å². The monoisotopic (exact) mass is 100.0 g/mol. The summed E-state index contributed by atoms with van der Waals surface area (Å²) in [6, 6.07) is 0. The second-order valence-corrected chi connectivity index (χ2v) is 0.192. The molecule has 0 bridgehead atoms. The van der Waals surface area contributed by atoms with E-state index < -0.39 is 0 Å². The van der Waals surface area contributed by atoms with Gasteiger partial charge in [-0.1, -0.05) is 0 Å². The Kier molecular flexibility index (Phi) is 16.8. The molecule has 0 heterocycles. The van der Waals surface area contributed by atoms with Gasteiger partial charge in [0.2, 0.25) is 0 Å². The maximum Gasteiger partial charge on any atom is 1.00 e. The molecule has 0 fully saturated rings. The van der Waals surface area contributed by atoms with E-state index in [1.165, 1.54) is 0 Å². The van der Waals surface area contributed by atoms with Gasteiger partial charge >= 0.3 is 51.4 Å². The van der Waals surface area contributed by atoms with Crippen LogP contribution in [0.3, 0.4) is 0 Å². The molecular formula is CHKO3. The third-order valence-electron chi connectivity index (χ3n) is 0.0393. The Balaban J connectivity index is 0. The average molecular weight is 100 g/mol. The van der Waals surface area contributed by atoms with Gasteiger partial charge in [-0.25, -0.2) is 0 Å². The van der Waals surface area contributed by atoms with E-state index >= 15 is 0 Å². The summed E-state index contributed by atoms with van der Waals surface area (Å²) in [5.41, 5.74) is 0. The molecule has 0 saturated heterocycles. The zero-order valence-corrected chi connectivity index (χ0v) is 5.93. The van der Waals surface area contributed by atoms with Crippen molar-refractivity contribution in [3.63, 3.8) is 0 Å². The molecule has 0 amide bonds. The van der Waals surface area contributed by atoms with Crippen LogP contribution in [0, 0.1) is 0 Å². The van der Waals surface area contributed by atoms with Crippen molar-refractivity contribution in [2.75, 3.05) is 0 Å². The minimum absolute atomic E-state index is 0. The standard InChI is InChI=1S/CH2O3.K/c2-1-4-3;/h1,3H;/q;+1/p-1. The van der Waals surface area contributed by atoms with Crippen LogP contribution < -0.4 is 56.6 Å². The predicted octanol–water partition coefficient (Wildman–Crippen LogP) is -4.56. The third kappa shape index (κ3) is 11.2. The van der Waals surface area contributed by atoms with Gasteiger partial charge in [-0.3, -0.25) is 4.79 Å². The van der Waals surface area contributed by atoms with E-state index in [1.54, 1.807) is 0 Å². The van der Waals surface area contributed by atoms with Crippen LogP contribution in [0.5, 0.6) is 0 Å². The topological polar surface area (TPSA) is 49.4 Å². The fourth-order valence-electron chi connectivity index (χ4n) is 0. The smallest absolute Gasteiger partial charge is 0.662 e. The van der Waals surface area contributed by atoms with Gasteiger partial charge in [0.15, 0.2) is 0 Å². The maximum atomic E-state index is 8.64. The first-order valence-corrected chi connectivity index (χ1v) is 0.638. The van der Waals surface area contributed by atoms with Crippen molar-refractivity contribution >= 4 is 6.47 Å². The van der Waals surface area contributed by atoms with E-state index in [4.69, 9.17) is 10.1 Å². The molecule has 0 aliphatic carbocycles. The molecule has 4 heteroatoms. The van der Waals surface area contributed by atoms with Crippen molar-refractivity contribution in [3.05, 3.63) is 0 Å². The maximum absolute atomic E-state index is 8.64. The molecule has 5 heavy (non-hydrogen) atoms. The summed E-state index contributed by atoms with van der Waals surface area (Å²) in [6.07, 6.45) is 0. The van der Waals surface area contributed by atoms with Crippen molar-refractivity contribution in [2.45, 2.75) is 0 Å². The molecule has 0 aromatic rings. The summed E-state index contributed by atoms with van der Waals surface area (Å²) in [5, 5.41) is 8.43. The van der Waals surface area contributed by atoms with Gasteiger partial charge in [0.25, 0.3) is 6.47 Å². The van der Waals surface area contributed by atoms with Gasteiger partial charge in [-0.05, 0) is 0 Å². The van der Waals surface area contributed by atoms with Crippen molar-refractivity contribution < 1.29 is 66.3 Å². The van der Waals surface area contributed by atoms with Crippen LogP contribution >= 0.6 is 0 Å². The van der Waals surface area contributed by atoms with Crippen LogP contribution in [-0.4, -0.2) is 6.47 Å². The molecule has 0 aromatic carbocycles. The summed E-state index contributed by atoms with van der Waals surface area (Å²) in [6.45, 7) is -0.181. The number of carbonyl (C=O) groups excluding carboxylic acids is 1. The van der Waals surface area contributed by atoms with E-state index in [-0.39, 0.29) is 57.9 Å². The molecule has 0 radical (unpaired) electrons. The second kappa shape index (κ2) is 8.91. The molecule has 3 nitrogen and oxygen atoms in total. The van der Waals surface area contributed by atoms with Crippen LogP contribution in [0.1, 0.15) is 0 Å². The zero-order chi connectivity index (χ0) is 3.41. The Hall–Kier alpha value is 1.07. The first-order chi connectivity index (χ1) is 1.91. The largest absolute Gasteiger partial charge is 1.00 e. The predicted molar refractivity (Wildman–Crippen MR) is 7.15 cm³/mol. The minimum atomic E-state index is -0.181. The normalized spacial score (nSPS) is 4.20. The molecule has 0 unspecified atom stereocenters. The van der Waals surface area contributed by atoms with Crippen molar-refractivity contribution in [1.29, 1.82) is 0 Å². The molecule has 0 N–H and O–H groups in total. The third-order valence-corrected chi connectivity index (χ3v) is 0.0393. The molecular weight excluding hydrogens is 99.1 g/mol. The van der Waals surface area contributed by atoms with Gasteiger partial charge in [0.05, 0.1) is 0 Å². The first-order valence-electron chi connectivity index (χ1n) is 0.638. The summed E-state index contributed by atoms with van der Waals surface area (Å²) in [7, 11) is 0. The first kappa shape index (κ1) is 9.42. The fourth-order valence-corrected chi connectivity index (χ4v) is 0. The Morgan fingerprint density at radius 1 is 1.80 bits per heavy atom. The Bertz CT molecular complexity index is 20.9. The van der Waals surface area contributed by atoms with Crippen molar-refractivity contribution in [3.8, 4) is 0 Å². The number of hydrogen-bond donors (Lipinski definition) is 0. The molecule has 24 valence electrons. The van der Waals surface area contributed by atoms with Crippen LogP contribution in [0.2, 0.25) is 0 Å². The number of hydrogen-bond acceptors (Lipinski definition) is 3. The van der Waals surface area contributed by atoms with Crippen LogP contribution in [0.15, 0.2) is 0 Å². The molecule has 0 aromatic heterocycles. The molecule has 0 atom stereocenters. The Morgan fingerprint density at radius 3 is 2.00 bits per heavy atom. The van der Waals surface area contributed by atoms with E-state index in [1.807, 2.05) is 0 Å². The van der Waals surface area contributed by atoms with Gasteiger partial charge in [0.1, 0.15) is 0 Å². The van der Waals surface area contributed by atoms with Gasteiger partial charge in [-0.2, -0.15) is 0 Å². The molecule has 0 spiro atoms. The molecule has 0 aliphatic heterocycles. The van der Waals surface area contributed by atoms with Gasteiger partial charge < -0.3 is 10.1 Å². The van der Waals surface area contributed by atoms with Gasteiger partial charge in [-0.15, -0.1) is 0 Å². The van der Waals surface area contributed by atoms with Crippen LogP contribution in [-0.2, 0) is 9.68 Å². The summed E-state index contributed by atoms with van der Waals surface area (Å²) in [4.78, 5) is 11.2. The minimum Gasteiger partial charge on any atom is -0.662 e. The SMILES string of the molecule is O=CO[O-].[K+]. The fraction of sp³-hybridized carbons (Fsp3) is 0. The summed E-state index contributed by atoms with van der Waals surface area (Å²) >= 11 is 0. The van der Waals surface area contributed by atoms with Gasteiger partial charge in [0, 0.05) is 0 Å². The quantitative estimate of drug-likeness (QED) is 0.144. The Morgan fingerprint density at radius 2 is 2.00 bits per heavy atom. The molecule has 0 saturated carbocycles. The summed E-state index contributed by atoms with van der Waals surface area (Å²) in [5.74, 6) is 0. The van der Waals surface area contributed by atoms with Crippen molar-refractivity contribution in [1.82, 2.24) is 0 Å². The number of rotatable bonds is 1. The van der Waals surface area contributed by atoms with Crippen LogP contribution in [0.25, 0.3) is 0 Å². The van der Waals surface area contributed by atoms with Crippen LogP contribution in [0.4, 0.5) is 0 Å². The molecule has 0 rings (SSSR count). The average Bonchev–Trinajstić information content (AvgIpc) is 1.37. The van der Waals surface area contributed by atoms with E-state index in [0.29, 0.717) is 0 Å². The second-order valence-electron chi connectivity index (χ2n) is 0.192. The molecule has 0 aliphatic rings.